The lowest BCUT2D eigenvalue weighted by molar-refractivity contribution is 0.0701. The fourth-order valence-corrected chi connectivity index (χ4v) is 3.91. The molecule has 20 heavy (non-hydrogen) atoms. The first-order valence-electron chi connectivity index (χ1n) is 6.82. The molecule has 1 fully saturated rings. The highest BCUT2D eigenvalue weighted by Crippen LogP contribution is 2.35. The highest BCUT2D eigenvalue weighted by molar-refractivity contribution is 7.20. The third-order valence-corrected chi connectivity index (χ3v) is 5.29. The summed E-state index contributed by atoms with van der Waals surface area (Å²) in [5.41, 5.74) is 0.756. The maximum Gasteiger partial charge on any atom is 0.346 e. The number of thiophene rings is 1. The van der Waals surface area contributed by atoms with Gasteiger partial charge in [-0.25, -0.2) is 14.8 Å². The molecular weight excluding hydrogens is 274 g/mol. The zero-order valence-electron chi connectivity index (χ0n) is 11.5. The molecule has 3 rings (SSSR count). The van der Waals surface area contributed by atoms with E-state index in [9.17, 15) is 9.90 Å². The largest absolute Gasteiger partial charge is 0.477 e. The quantitative estimate of drug-likeness (QED) is 0.907. The topological polar surface area (TPSA) is 75.1 Å². The molecule has 0 bridgehead atoms. The predicted molar refractivity (Wildman–Crippen MR) is 79.5 cm³/mol. The Labute approximate surface area is 121 Å². The van der Waals surface area contributed by atoms with Gasteiger partial charge in [0.05, 0.1) is 5.39 Å². The van der Waals surface area contributed by atoms with Gasteiger partial charge in [0, 0.05) is 6.04 Å². The molecule has 0 radical (unpaired) electrons. The summed E-state index contributed by atoms with van der Waals surface area (Å²) in [6, 6.07) is 0.417. The molecule has 5 nitrogen and oxygen atoms in total. The average molecular weight is 291 g/mol. The molecule has 0 saturated heterocycles. The van der Waals surface area contributed by atoms with Gasteiger partial charge in [-0.05, 0) is 31.2 Å². The van der Waals surface area contributed by atoms with Gasteiger partial charge in [0.1, 0.15) is 21.9 Å². The monoisotopic (exact) mass is 291 g/mol. The Bertz CT molecular complexity index is 668. The number of aromatic nitrogens is 2. The Morgan fingerprint density at radius 2 is 2.25 bits per heavy atom. The van der Waals surface area contributed by atoms with Crippen molar-refractivity contribution in [1.29, 1.82) is 0 Å². The van der Waals surface area contributed by atoms with Crippen LogP contribution in [0.2, 0.25) is 0 Å². The van der Waals surface area contributed by atoms with E-state index in [0.717, 1.165) is 28.0 Å². The van der Waals surface area contributed by atoms with E-state index < -0.39 is 5.97 Å². The smallest absolute Gasteiger partial charge is 0.346 e. The lowest BCUT2D eigenvalue weighted by Gasteiger charge is -2.18. The molecule has 0 spiro atoms. The minimum absolute atomic E-state index is 0.350. The average Bonchev–Trinajstić information content (AvgIpc) is 2.95. The summed E-state index contributed by atoms with van der Waals surface area (Å²) in [5.74, 6) is 0.499. The van der Waals surface area contributed by atoms with Crippen molar-refractivity contribution in [3.63, 3.8) is 0 Å². The first-order chi connectivity index (χ1) is 9.58. The van der Waals surface area contributed by atoms with Crippen molar-refractivity contribution in [3.8, 4) is 0 Å². The second kappa shape index (κ2) is 5.01. The summed E-state index contributed by atoms with van der Waals surface area (Å²) in [4.78, 5) is 20.9. The second-order valence-corrected chi connectivity index (χ2v) is 6.42. The van der Waals surface area contributed by atoms with Crippen molar-refractivity contribution in [3.05, 3.63) is 16.8 Å². The van der Waals surface area contributed by atoms with Crippen molar-refractivity contribution < 1.29 is 9.90 Å². The highest BCUT2D eigenvalue weighted by atomic mass is 32.1. The van der Waals surface area contributed by atoms with Crippen molar-refractivity contribution in [2.24, 2.45) is 5.92 Å². The van der Waals surface area contributed by atoms with Gasteiger partial charge in [0.25, 0.3) is 0 Å². The first-order valence-corrected chi connectivity index (χ1v) is 7.63. The normalized spacial score (nSPS) is 22.3. The SMILES string of the molecule is Cc1c(C(=O)O)sc2ncnc(NC3CCCC3C)c12. The lowest BCUT2D eigenvalue weighted by atomic mass is 10.1. The molecular formula is C14H17N3O2S. The van der Waals surface area contributed by atoms with E-state index in [0.29, 0.717) is 16.8 Å². The summed E-state index contributed by atoms with van der Waals surface area (Å²) >= 11 is 1.21. The Kier molecular flexibility index (Phi) is 3.33. The van der Waals surface area contributed by atoms with Crippen LogP contribution in [0.5, 0.6) is 0 Å². The molecule has 106 valence electrons. The number of carboxylic acid groups (broad SMARTS) is 1. The van der Waals surface area contributed by atoms with E-state index in [1.54, 1.807) is 0 Å². The summed E-state index contributed by atoms with van der Waals surface area (Å²) in [5, 5.41) is 13.6. The maximum atomic E-state index is 11.2. The molecule has 2 atom stereocenters. The molecule has 1 aliphatic rings. The van der Waals surface area contributed by atoms with Gasteiger partial charge in [-0.15, -0.1) is 11.3 Å². The van der Waals surface area contributed by atoms with Gasteiger partial charge >= 0.3 is 5.97 Å². The van der Waals surface area contributed by atoms with Crippen LogP contribution in [0, 0.1) is 12.8 Å². The third-order valence-electron chi connectivity index (χ3n) is 4.10. The number of fused-ring (bicyclic) bond motifs is 1. The Morgan fingerprint density at radius 1 is 1.45 bits per heavy atom. The number of anilines is 1. The van der Waals surface area contributed by atoms with E-state index in [2.05, 4.69) is 22.2 Å². The minimum Gasteiger partial charge on any atom is -0.477 e. The van der Waals surface area contributed by atoms with E-state index in [-0.39, 0.29) is 0 Å². The van der Waals surface area contributed by atoms with Crippen LogP contribution in [0.25, 0.3) is 10.2 Å². The number of rotatable bonds is 3. The number of aryl methyl sites for hydroxylation is 1. The maximum absolute atomic E-state index is 11.2. The first kappa shape index (κ1) is 13.3. The van der Waals surface area contributed by atoms with Crippen molar-refractivity contribution in [2.75, 3.05) is 5.32 Å². The molecule has 1 saturated carbocycles. The highest BCUT2D eigenvalue weighted by Gasteiger charge is 2.25. The molecule has 2 aromatic rings. The number of carbonyl (C=O) groups is 1. The van der Waals surface area contributed by atoms with Crippen LogP contribution < -0.4 is 5.32 Å². The number of carboxylic acids is 1. The molecule has 0 aliphatic heterocycles. The van der Waals surface area contributed by atoms with E-state index in [4.69, 9.17) is 0 Å². The molecule has 2 unspecified atom stereocenters. The van der Waals surface area contributed by atoms with E-state index in [1.807, 2.05) is 6.92 Å². The van der Waals surface area contributed by atoms with Crippen LogP contribution in [0.1, 0.15) is 41.4 Å². The molecule has 2 heterocycles. The Morgan fingerprint density at radius 3 is 2.90 bits per heavy atom. The minimum atomic E-state index is -0.898. The van der Waals surface area contributed by atoms with Gasteiger partial charge < -0.3 is 10.4 Å². The zero-order chi connectivity index (χ0) is 14.3. The van der Waals surface area contributed by atoms with Crippen LogP contribution in [0.3, 0.4) is 0 Å². The Balaban J connectivity index is 2.04. The summed E-state index contributed by atoms with van der Waals surface area (Å²) in [6.07, 6.45) is 5.11. The number of hydrogen-bond acceptors (Lipinski definition) is 5. The zero-order valence-corrected chi connectivity index (χ0v) is 12.3. The molecule has 6 heteroatoms. The molecule has 0 aromatic carbocycles. The predicted octanol–water partition coefficient (Wildman–Crippen LogP) is 3.30. The fraction of sp³-hybridized carbons (Fsp3) is 0.500. The molecule has 0 amide bonds. The molecule has 2 N–H and O–H groups in total. The van der Waals surface area contributed by atoms with Crippen molar-refractivity contribution >= 4 is 33.3 Å². The van der Waals surface area contributed by atoms with E-state index in [1.165, 1.54) is 30.5 Å². The van der Waals surface area contributed by atoms with Gasteiger partial charge in [-0.3, -0.25) is 0 Å². The van der Waals surface area contributed by atoms with Crippen LogP contribution in [-0.4, -0.2) is 27.1 Å². The number of nitrogens with zero attached hydrogens (tertiary/aromatic N) is 2. The molecule has 1 aliphatic carbocycles. The standard InChI is InChI=1S/C14H17N3O2S/c1-7-4-3-5-9(7)17-12-10-8(2)11(14(18)19)20-13(10)16-6-15-12/h6-7,9H,3-5H2,1-2H3,(H,18,19)(H,15,16,17). The van der Waals surface area contributed by atoms with Crippen molar-refractivity contribution in [2.45, 2.75) is 39.2 Å². The van der Waals surface area contributed by atoms with E-state index >= 15 is 0 Å². The van der Waals surface area contributed by atoms with Crippen LogP contribution in [-0.2, 0) is 0 Å². The summed E-state index contributed by atoms with van der Waals surface area (Å²) < 4.78 is 0. The van der Waals surface area contributed by atoms with Crippen LogP contribution in [0.4, 0.5) is 5.82 Å². The summed E-state index contributed by atoms with van der Waals surface area (Å²) in [6.45, 7) is 4.07. The van der Waals surface area contributed by atoms with Crippen LogP contribution in [0.15, 0.2) is 6.33 Å². The molecule has 2 aromatic heterocycles. The van der Waals surface area contributed by atoms with Crippen LogP contribution >= 0.6 is 11.3 Å². The van der Waals surface area contributed by atoms with Gasteiger partial charge in [0.15, 0.2) is 0 Å². The number of aromatic carboxylic acids is 1. The van der Waals surface area contributed by atoms with Gasteiger partial charge in [0.2, 0.25) is 0 Å². The number of nitrogens with one attached hydrogen (secondary N) is 1. The third kappa shape index (κ3) is 2.14. The second-order valence-electron chi connectivity index (χ2n) is 5.42. The Hall–Kier alpha value is -1.69. The summed E-state index contributed by atoms with van der Waals surface area (Å²) in [7, 11) is 0. The number of hydrogen-bond donors (Lipinski definition) is 2. The van der Waals surface area contributed by atoms with Gasteiger partial charge in [-0.2, -0.15) is 0 Å². The lowest BCUT2D eigenvalue weighted by Crippen LogP contribution is -2.22. The van der Waals surface area contributed by atoms with Crippen molar-refractivity contribution in [1.82, 2.24) is 9.97 Å². The fourth-order valence-electron chi connectivity index (χ4n) is 2.92. The van der Waals surface area contributed by atoms with Gasteiger partial charge in [-0.1, -0.05) is 13.3 Å².